The van der Waals surface area contributed by atoms with Gasteiger partial charge in [0.2, 0.25) is 5.91 Å². The largest absolute Gasteiger partial charge is 0.350 e. The summed E-state index contributed by atoms with van der Waals surface area (Å²) in [5.41, 5.74) is -0.161. The molecule has 1 heterocycles. The van der Waals surface area contributed by atoms with E-state index in [0.717, 1.165) is 11.6 Å². The third-order valence-corrected chi connectivity index (χ3v) is 3.81. The van der Waals surface area contributed by atoms with Gasteiger partial charge in [-0.1, -0.05) is 18.7 Å². The average molecular weight is 256 g/mol. The van der Waals surface area contributed by atoms with Gasteiger partial charge in [0.1, 0.15) is 6.33 Å². The van der Waals surface area contributed by atoms with Crippen molar-refractivity contribution in [3.63, 3.8) is 0 Å². The van der Waals surface area contributed by atoms with Crippen LogP contribution in [-0.4, -0.2) is 31.5 Å². The van der Waals surface area contributed by atoms with E-state index in [1.54, 1.807) is 10.9 Å². The lowest BCUT2D eigenvalue weighted by Gasteiger charge is -2.26. The number of carbonyl (C=O) groups is 1. The molecule has 1 atom stereocenters. The summed E-state index contributed by atoms with van der Waals surface area (Å²) < 4.78 is 1.80. The number of nitrogens with zero attached hydrogens (tertiary/aromatic N) is 3. The molecule has 0 radical (unpaired) electrons. The molecule has 1 N–H and O–H groups in total. The van der Waals surface area contributed by atoms with Gasteiger partial charge in [-0.05, 0) is 27.2 Å². The molecule has 6 heteroatoms. The molecule has 0 aromatic carbocycles. The van der Waals surface area contributed by atoms with E-state index in [0.29, 0.717) is 0 Å². The van der Waals surface area contributed by atoms with Gasteiger partial charge in [-0.3, -0.25) is 4.79 Å². The standard InChI is InChI=1S/C11H20N4OS/c1-6-11(3,4)13-9(16)8(2)17-10-14-12-7-15(10)5/h7-8H,6H2,1-5H3,(H,13,16). The maximum atomic E-state index is 12.0. The lowest BCUT2D eigenvalue weighted by atomic mass is 10.0. The first kappa shape index (κ1) is 14.0. The first-order valence-corrected chi connectivity index (χ1v) is 6.56. The van der Waals surface area contributed by atoms with Crippen LogP contribution in [0.3, 0.4) is 0 Å². The monoisotopic (exact) mass is 256 g/mol. The summed E-state index contributed by atoms with van der Waals surface area (Å²) in [5.74, 6) is 0.0323. The molecule has 1 amide bonds. The molecular formula is C11H20N4OS. The molecular weight excluding hydrogens is 236 g/mol. The van der Waals surface area contributed by atoms with Gasteiger partial charge >= 0.3 is 0 Å². The van der Waals surface area contributed by atoms with Crippen LogP contribution in [0, 0.1) is 0 Å². The Labute approximate surface area is 106 Å². The van der Waals surface area contributed by atoms with E-state index in [1.807, 2.05) is 27.8 Å². The van der Waals surface area contributed by atoms with Gasteiger partial charge in [0, 0.05) is 12.6 Å². The Morgan fingerprint density at radius 1 is 1.65 bits per heavy atom. The maximum Gasteiger partial charge on any atom is 0.233 e. The first-order chi connectivity index (χ1) is 7.85. The van der Waals surface area contributed by atoms with E-state index in [1.165, 1.54) is 11.8 Å². The molecule has 0 saturated heterocycles. The normalized spacial score (nSPS) is 13.5. The molecule has 1 aromatic heterocycles. The number of thioether (sulfide) groups is 1. The van der Waals surface area contributed by atoms with Crippen molar-refractivity contribution in [2.45, 2.75) is 50.1 Å². The summed E-state index contributed by atoms with van der Waals surface area (Å²) in [6.07, 6.45) is 2.53. The number of amides is 1. The molecule has 5 nitrogen and oxygen atoms in total. The molecule has 0 aliphatic rings. The molecule has 17 heavy (non-hydrogen) atoms. The Bertz CT molecular complexity index is 389. The molecule has 0 spiro atoms. The van der Waals surface area contributed by atoms with Crippen LogP contribution in [0.2, 0.25) is 0 Å². The highest BCUT2D eigenvalue weighted by Gasteiger charge is 2.23. The molecule has 1 unspecified atom stereocenters. The van der Waals surface area contributed by atoms with E-state index >= 15 is 0 Å². The third-order valence-electron chi connectivity index (χ3n) is 2.67. The Kier molecular flexibility index (Phi) is 4.56. The van der Waals surface area contributed by atoms with Crippen LogP contribution in [0.1, 0.15) is 34.1 Å². The highest BCUT2D eigenvalue weighted by Crippen LogP contribution is 2.21. The molecule has 96 valence electrons. The van der Waals surface area contributed by atoms with Crippen LogP contribution in [0.5, 0.6) is 0 Å². The lowest BCUT2D eigenvalue weighted by molar-refractivity contribution is -0.121. The summed E-state index contributed by atoms with van der Waals surface area (Å²) >= 11 is 1.41. The fraction of sp³-hybridized carbons (Fsp3) is 0.727. The molecule has 0 saturated carbocycles. The van der Waals surface area contributed by atoms with Crippen molar-refractivity contribution >= 4 is 17.7 Å². The quantitative estimate of drug-likeness (QED) is 0.813. The van der Waals surface area contributed by atoms with Crippen LogP contribution in [0.4, 0.5) is 0 Å². The average Bonchev–Trinajstić information content (AvgIpc) is 2.64. The Morgan fingerprint density at radius 2 is 2.29 bits per heavy atom. The summed E-state index contributed by atoms with van der Waals surface area (Å²) in [6, 6.07) is 0. The van der Waals surface area contributed by atoms with Crippen LogP contribution >= 0.6 is 11.8 Å². The highest BCUT2D eigenvalue weighted by atomic mass is 32.2. The highest BCUT2D eigenvalue weighted by molar-refractivity contribution is 8.00. The number of hydrogen-bond donors (Lipinski definition) is 1. The molecule has 0 aliphatic carbocycles. The fourth-order valence-corrected chi connectivity index (χ4v) is 1.90. The van der Waals surface area contributed by atoms with Gasteiger partial charge in [-0.2, -0.15) is 0 Å². The Hall–Kier alpha value is -1.04. The van der Waals surface area contributed by atoms with Crippen molar-refractivity contribution in [2.24, 2.45) is 7.05 Å². The van der Waals surface area contributed by atoms with Crippen LogP contribution in [0.25, 0.3) is 0 Å². The number of carbonyl (C=O) groups excluding carboxylic acids is 1. The minimum absolute atomic E-state index is 0.0323. The first-order valence-electron chi connectivity index (χ1n) is 5.68. The molecule has 0 fully saturated rings. The van der Waals surface area contributed by atoms with Crippen molar-refractivity contribution in [2.75, 3.05) is 0 Å². The zero-order valence-electron chi connectivity index (χ0n) is 11.0. The van der Waals surface area contributed by atoms with E-state index in [-0.39, 0.29) is 16.7 Å². The minimum Gasteiger partial charge on any atom is -0.350 e. The van der Waals surface area contributed by atoms with Gasteiger partial charge in [-0.25, -0.2) is 0 Å². The number of aryl methyl sites for hydroxylation is 1. The summed E-state index contributed by atoms with van der Waals surface area (Å²) in [5, 5.41) is 11.3. The van der Waals surface area contributed by atoms with Gasteiger partial charge in [0.25, 0.3) is 0 Å². The Balaban J connectivity index is 2.56. The number of rotatable bonds is 5. The van der Waals surface area contributed by atoms with Crippen LogP contribution in [-0.2, 0) is 11.8 Å². The molecule has 1 aromatic rings. The Morgan fingerprint density at radius 3 is 2.76 bits per heavy atom. The number of aromatic nitrogens is 3. The van der Waals surface area contributed by atoms with Gasteiger partial charge < -0.3 is 9.88 Å². The number of nitrogens with one attached hydrogen (secondary N) is 1. The zero-order valence-corrected chi connectivity index (χ0v) is 11.8. The van der Waals surface area contributed by atoms with Crippen molar-refractivity contribution < 1.29 is 4.79 Å². The molecule has 0 aliphatic heterocycles. The summed E-state index contributed by atoms with van der Waals surface area (Å²) in [4.78, 5) is 12.0. The second-order valence-corrected chi connectivity index (χ2v) is 6.02. The third kappa shape index (κ3) is 4.03. The van der Waals surface area contributed by atoms with Gasteiger partial charge in [-0.15, -0.1) is 10.2 Å². The predicted octanol–water partition coefficient (Wildman–Crippen LogP) is 1.60. The fourth-order valence-electron chi connectivity index (χ4n) is 1.11. The maximum absolute atomic E-state index is 12.0. The predicted molar refractivity (Wildman–Crippen MR) is 68.8 cm³/mol. The van der Waals surface area contributed by atoms with Crippen LogP contribution < -0.4 is 5.32 Å². The zero-order chi connectivity index (χ0) is 13.1. The molecule has 0 bridgehead atoms. The van der Waals surface area contributed by atoms with Crippen molar-refractivity contribution in [1.29, 1.82) is 0 Å². The summed E-state index contributed by atoms with van der Waals surface area (Å²) in [7, 11) is 1.86. The SMILES string of the molecule is CCC(C)(C)NC(=O)C(C)Sc1nncn1C. The minimum atomic E-state index is -0.177. The lowest BCUT2D eigenvalue weighted by Crippen LogP contribution is -2.46. The molecule has 1 rings (SSSR count). The number of hydrogen-bond acceptors (Lipinski definition) is 4. The van der Waals surface area contributed by atoms with E-state index in [9.17, 15) is 4.79 Å². The van der Waals surface area contributed by atoms with E-state index in [2.05, 4.69) is 22.4 Å². The van der Waals surface area contributed by atoms with Crippen molar-refractivity contribution in [1.82, 2.24) is 20.1 Å². The smallest absolute Gasteiger partial charge is 0.233 e. The van der Waals surface area contributed by atoms with Crippen molar-refractivity contribution in [3.8, 4) is 0 Å². The van der Waals surface area contributed by atoms with E-state index < -0.39 is 0 Å². The van der Waals surface area contributed by atoms with Gasteiger partial charge in [0.15, 0.2) is 5.16 Å². The summed E-state index contributed by atoms with van der Waals surface area (Å²) in [6.45, 7) is 7.97. The van der Waals surface area contributed by atoms with Crippen molar-refractivity contribution in [3.05, 3.63) is 6.33 Å². The second-order valence-electron chi connectivity index (χ2n) is 4.71. The topological polar surface area (TPSA) is 59.8 Å². The second kappa shape index (κ2) is 5.53. The van der Waals surface area contributed by atoms with Crippen LogP contribution in [0.15, 0.2) is 11.5 Å². The van der Waals surface area contributed by atoms with Gasteiger partial charge in [0.05, 0.1) is 5.25 Å². The van der Waals surface area contributed by atoms with E-state index in [4.69, 9.17) is 0 Å².